The van der Waals surface area contributed by atoms with E-state index >= 15 is 0 Å². The molecule has 0 saturated carbocycles. The Morgan fingerprint density at radius 3 is 2.77 bits per heavy atom. The molecule has 6 nitrogen and oxygen atoms in total. The van der Waals surface area contributed by atoms with E-state index < -0.39 is 30.5 Å². The Hall–Kier alpha value is -2.88. The highest BCUT2D eigenvalue weighted by Crippen LogP contribution is 2.36. The Kier molecular flexibility index (Phi) is 4.96. The number of imidazole rings is 1. The summed E-state index contributed by atoms with van der Waals surface area (Å²) < 4.78 is 47.5. The number of nitrogens with zero attached hydrogens (tertiary/aromatic N) is 4. The Morgan fingerprint density at radius 2 is 2.06 bits per heavy atom. The fourth-order valence-electron chi connectivity index (χ4n) is 4.23. The van der Waals surface area contributed by atoms with Crippen molar-refractivity contribution in [1.29, 1.82) is 0 Å². The predicted octanol–water partition coefficient (Wildman–Crippen LogP) is 4.81. The zero-order valence-corrected chi connectivity index (χ0v) is 17.2. The van der Waals surface area contributed by atoms with Crippen molar-refractivity contribution in [2.24, 2.45) is 5.10 Å². The molecule has 1 atom stereocenters. The SMILES string of the molecule is O=C(Cn1c(C(F)(F)F)nc2c1CCCC2)N1N=C(c2cccs2)CC1c1ccco1. The normalized spacial score (nSPS) is 18.9. The minimum absolute atomic E-state index is 0.438. The summed E-state index contributed by atoms with van der Waals surface area (Å²) in [5.74, 6) is -0.986. The minimum Gasteiger partial charge on any atom is -0.467 e. The molecular formula is C21H19F3N4O2S. The van der Waals surface area contributed by atoms with Gasteiger partial charge in [0.15, 0.2) is 0 Å². The lowest BCUT2D eigenvalue weighted by Crippen LogP contribution is -2.32. The molecule has 3 aromatic rings. The number of fused-ring (bicyclic) bond motifs is 1. The van der Waals surface area contributed by atoms with Gasteiger partial charge in [-0.15, -0.1) is 11.3 Å². The van der Waals surface area contributed by atoms with Crippen molar-refractivity contribution in [3.63, 3.8) is 0 Å². The monoisotopic (exact) mass is 448 g/mol. The number of alkyl halides is 3. The molecule has 3 aromatic heterocycles. The first kappa shape index (κ1) is 20.0. The summed E-state index contributed by atoms with van der Waals surface area (Å²) in [6, 6.07) is 6.77. The molecule has 0 aromatic carbocycles. The molecule has 1 aliphatic carbocycles. The van der Waals surface area contributed by atoms with Crippen molar-refractivity contribution in [2.45, 2.75) is 50.9 Å². The largest absolute Gasteiger partial charge is 0.467 e. The second-order valence-corrected chi connectivity index (χ2v) is 8.57. The van der Waals surface area contributed by atoms with E-state index in [4.69, 9.17) is 4.42 Å². The highest BCUT2D eigenvalue weighted by atomic mass is 32.1. The number of furan rings is 1. The van der Waals surface area contributed by atoms with Crippen LogP contribution in [0.1, 0.15) is 53.2 Å². The van der Waals surface area contributed by atoms with Gasteiger partial charge in [-0.2, -0.15) is 18.3 Å². The molecule has 0 N–H and O–H groups in total. The Labute approximate surface area is 180 Å². The minimum atomic E-state index is -4.63. The number of carbonyl (C=O) groups is 1. The summed E-state index contributed by atoms with van der Waals surface area (Å²) in [6.45, 7) is -0.463. The number of thiophene rings is 1. The third-order valence-corrected chi connectivity index (χ3v) is 6.54. The van der Waals surface area contributed by atoms with Crippen molar-refractivity contribution in [3.8, 4) is 0 Å². The predicted molar refractivity (Wildman–Crippen MR) is 108 cm³/mol. The molecule has 1 aliphatic heterocycles. The van der Waals surface area contributed by atoms with Crippen LogP contribution in [0.15, 0.2) is 45.4 Å². The number of hydrogen-bond donors (Lipinski definition) is 0. The van der Waals surface area contributed by atoms with Gasteiger partial charge in [0.25, 0.3) is 5.91 Å². The fraction of sp³-hybridized carbons (Fsp3) is 0.381. The van der Waals surface area contributed by atoms with Gasteiger partial charge in [-0.3, -0.25) is 4.79 Å². The van der Waals surface area contributed by atoms with E-state index in [1.165, 1.54) is 22.6 Å². The van der Waals surface area contributed by atoms with Gasteiger partial charge in [-0.25, -0.2) is 9.99 Å². The van der Waals surface area contributed by atoms with Crippen LogP contribution < -0.4 is 0 Å². The van der Waals surface area contributed by atoms with Gasteiger partial charge in [0.05, 0.1) is 22.5 Å². The molecule has 162 valence electrons. The van der Waals surface area contributed by atoms with E-state index in [-0.39, 0.29) is 0 Å². The zero-order valence-electron chi connectivity index (χ0n) is 16.4. The lowest BCUT2D eigenvalue weighted by Gasteiger charge is -2.22. The van der Waals surface area contributed by atoms with E-state index in [9.17, 15) is 18.0 Å². The third-order valence-electron chi connectivity index (χ3n) is 5.62. The first-order valence-corrected chi connectivity index (χ1v) is 10.9. The Balaban J connectivity index is 1.49. The molecule has 5 rings (SSSR count). The molecule has 1 amide bonds. The summed E-state index contributed by atoms with van der Waals surface area (Å²) >= 11 is 1.50. The van der Waals surface area contributed by atoms with Crippen LogP contribution in [0.4, 0.5) is 13.2 Å². The van der Waals surface area contributed by atoms with Crippen LogP contribution in [0.25, 0.3) is 0 Å². The number of halogens is 3. The maximum absolute atomic E-state index is 13.7. The average Bonchev–Trinajstić information content (AvgIpc) is 3.52. The fourth-order valence-corrected chi connectivity index (χ4v) is 4.95. The maximum atomic E-state index is 13.7. The summed E-state index contributed by atoms with van der Waals surface area (Å²) in [5.41, 5.74) is 1.66. The highest BCUT2D eigenvalue weighted by molar-refractivity contribution is 7.12. The van der Waals surface area contributed by atoms with Gasteiger partial charge in [0, 0.05) is 12.1 Å². The van der Waals surface area contributed by atoms with Crippen LogP contribution in [0, 0.1) is 0 Å². The lowest BCUT2D eigenvalue weighted by atomic mass is 10.0. The van der Waals surface area contributed by atoms with Crippen molar-refractivity contribution in [2.75, 3.05) is 0 Å². The number of hydrazone groups is 1. The van der Waals surface area contributed by atoms with Gasteiger partial charge in [-0.05, 0) is 49.3 Å². The molecule has 4 heterocycles. The van der Waals surface area contributed by atoms with E-state index in [1.54, 1.807) is 12.1 Å². The van der Waals surface area contributed by atoms with Gasteiger partial charge < -0.3 is 8.98 Å². The first-order chi connectivity index (χ1) is 14.9. The number of hydrogen-bond acceptors (Lipinski definition) is 5. The van der Waals surface area contributed by atoms with Gasteiger partial charge in [0.1, 0.15) is 18.3 Å². The number of aryl methyl sites for hydroxylation is 1. The third kappa shape index (κ3) is 3.69. The molecule has 0 bridgehead atoms. The van der Waals surface area contributed by atoms with Crippen molar-refractivity contribution in [3.05, 3.63) is 63.8 Å². The van der Waals surface area contributed by atoms with E-state index in [0.29, 0.717) is 42.1 Å². The van der Waals surface area contributed by atoms with Gasteiger partial charge in [0.2, 0.25) is 5.82 Å². The molecule has 31 heavy (non-hydrogen) atoms. The number of amides is 1. The molecular weight excluding hydrogens is 429 g/mol. The van der Waals surface area contributed by atoms with Gasteiger partial charge >= 0.3 is 6.18 Å². The summed E-state index contributed by atoms with van der Waals surface area (Å²) in [5, 5.41) is 7.67. The van der Waals surface area contributed by atoms with Crippen LogP contribution in [0.3, 0.4) is 0 Å². The smallest absolute Gasteiger partial charge is 0.449 e. The van der Waals surface area contributed by atoms with Crippen molar-refractivity contribution < 1.29 is 22.4 Å². The first-order valence-electron chi connectivity index (χ1n) is 10.0. The van der Waals surface area contributed by atoms with E-state index in [0.717, 1.165) is 22.3 Å². The molecule has 10 heteroatoms. The maximum Gasteiger partial charge on any atom is 0.449 e. The highest BCUT2D eigenvalue weighted by Gasteiger charge is 2.41. The number of carbonyl (C=O) groups excluding carboxylic acids is 1. The quantitative estimate of drug-likeness (QED) is 0.575. The molecule has 0 radical (unpaired) electrons. The number of aromatic nitrogens is 2. The Morgan fingerprint density at radius 1 is 1.23 bits per heavy atom. The Bertz CT molecular complexity index is 1120. The van der Waals surface area contributed by atoms with Crippen LogP contribution >= 0.6 is 11.3 Å². The second kappa shape index (κ2) is 7.67. The summed E-state index contributed by atoms with van der Waals surface area (Å²) in [7, 11) is 0. The molecule has 0 spiro atoms. The lowest BCUT2D eigenvalue weighted by molar-refractivity contribution is -0.148. The topological polar surface area (TPSA) is 63.6 Å². The molecule has 1 unspecified atom stereocenters. The van der Waals surface area contributed by atoms with Crippen LogP contribution in [0.2, 0.25) is 0 Å². The standard InChI is InChI=1S/C21H19F3N4O2S/c22-21(23,24)20-25-13-5-1-2-6-15(13)27(20)12-19(29)28-16(17-7-3-9-30-17)11-14(26-28)18-8-4-10-31-18/h3-4,7-10,16H,1-2,5-6,11-12H2. The van der Waals surface area contributed by atoms with Crippen LogP contribution in [0.5, 0.6) is 0 Å². The molecule has 0 saturated heterocycles. The summed E-state index contributed by atoms with van der Waals surface area (Å²) in [4.78, 5) is 18.0. The van der Waals surface area contributed by atoms with Crippen molar-refractivity contribution >= 4 is 23.0 Å². The molecule has 2 aliphatic rings. The average molecular weight is 448 g/mol. The van der Waals surface area contributed by atoms with E-state index in [2.05, 4.69) is 10.1 Å². The van der Waals surface area contributed by atoms with Crippen LogP contribution in [-0.4, -0.2) is 26.2 Å². The van der Waals surface area contributed by atoms with Crippen LogP contribution in [-0.2, 0) is 30.4 Å². The molecule has 0 fully saturated rings. The van der Waals surface area contributed by atoms with Gasteiger partial charge in [-0.1, -0.05) is 6.07 Å². The second-order valence-electron chi connectivity index (χ2n) is 7.62. The number of rotatable bonds is 4. The van der Waals surface area contributed by atoms with E-state index in [1.807, 2.05) is 17.5 Å². The zero-order chi connectivity index (χ0) is 21.6. The summed E-state index contributed by atoms with van der Waals surface area (Å²) in [6.07, 6.45) is -0.118. The van der Waals surface area contributed by atoms with Crippen molar-refractivity contribution in [1.82, 2.24) is 14.6 Å².